The number of amides is 3. The molecule has 3 N–H and O–H groups in total. The highest BCUT2D eigenvalue weighted by atomic mass is 35.5. The standard InChI is InChI=1S/C19H22ClFN4O4/c1-11(22-18(28)29-19(2,3)4)16(26)24-25-9-12(13(20)10-25)17(27)23-15-8-6-5-7-14(15)21/h5-11H,1-4H3,(H,22,28)(H,23,27)(H,24,26)/t11-/m0/s1. The van der Waals surface area contributed by atoms with Crippen molar-refractivity contribution in [3.8, 4) is 0 Å². The van der Waals surface area contributed by atoms with E-state index in [0.717, 1.165) is 0 Å². The molecular weight excluding hydrogens is 403 g/mol. The largest absolute Gasteiger partial charge is 0.444 e. The number of nitrogens with one attached hydrogen (secondary N) is 3. The molecule has 0 saturated carbocycles. The van der Waals surface area contributed by atoms with Gasteiger partial charge in [0.25, 0.3) is 11.8 Å². The second-order valence-electron chi connectivity index (χ2n) is 7.21. The number of benzene rings is 1. The molecule has 0 saturated heterocycles. The average molecular weight is 425 g/mol. The van der Waals surface area contributed by atoms with Crippen LogP contribution in [-0.4, -0.2) is 34.2 Å². The maximum atomic E-state index is 13.7. The lowest BCUT2D eigenvalue weighted by atomic mass is 10.2. The lowest BCUT2D eigenvalue weighted by Crippen LogP contribution is -2.45. The Kier molecular flexibility index (Phi) is 6.86. The first-order chi connectivity index (χ1) is 13.5. The number of rotatable bonds is 5. The van der Waals surface area contributed by atoms with Gasteiger partial charge in [0, 0.05) is 12.4 Å². The summed E-state index contributed by atoms with van der Waals surface area (Å²) in [6, 6.07) is 4.77. The monoisotopic (exact) mass is 424 g/mol. The van der Waals surface area contributed by atoms with Crippen LogP contribution in [-0.2, 0) is 9.53 Å². The summed E-state index contributed by atoms with van der Waals surface area (Å²) in [5.41, 5.74) is 1.80. The van der Waals surface area contributed by atoms with Crippen LogP contribution in [0.3, 0.4) is 0 Å². The Balaban J connectivity index is 2.00. The van der Waals surface area contributed by atoms with E-state index in [0.29, 0.717) is 0 Å². The minimum absolute atomic E-state index is 0.000496. The number of anilines is 1. The number of nitrogens with zero attached hydrogens (tertiary/aromatic N) is 1. The van der Waals surface area contributed by atoms with Gasteiger partial charge in [0.05, 0.1) is 16.3 Å². The highest BCUT2D eigenvalue weighted by Gasteiger charge is 2.22. The Morgan fingerprint density at radius 2 is 1.83 bits per heavy atom. The minimum atomic E-state index is -0.915. The smallest absolute Gasteiger partial charge is 0.408 e. The Morgan fingerprint density at radius 3 is 2.45 bits per heavy atom. The van der Waals surface area contributed by atoms with Gasteiger partial charge in [0.1, 0.15) is 17.5 Å². The number of alkyl carbamates (subject to hydrolysis) is 1. The number of hydrogen-bond donors (Lipinski definition) is 3. The Labute approximate surface area is 172 Å². The van der Waals surface area contributed by atoms with E-state index in [4.69, 9.17) is 16.3 Å². The van der Waals surface area contributed by atoms with E-state index in [2.05, 4.69) is 16.1 Å². The van der Waals surface area contributed by atoms with Gasteiger partial charge in [-0.1, -0.05) is 23.7 Å². The number of halogens is 2. The van der Waals surface area contributed by atoms with Gasteiger partial charge in [-0.25, -0.2) is 9.18 Å². The molecule has 2 aromatic rings. The fourth-order valence-corrected chi connectivity index (χ4v) is 2.43. The molecule has 1 heterocycles. The van der Waals surface area contributed by atoms with Crippen molar-refractivity contribution in [3.05, 3.63) is 53.1 Å². The van der Waals surface area contributed by atoms with Crippen molar-refractivity contribution in [2.45, 2.75) is 39.3 Å². The molecule has 156 valence electrons. The van der Waals surface area contributed by atoms with Crippen molar-refractivity contribution in [2.75, 3.05) is 10.7 Å². The number of carbonyl (C=O) groups is 3. The van der Waals surface area contributed by atoms with Crippen molar-refractivity contribution in [1.29, 1.82) is 0 Å². The molecule has 0 unspecified atom stereocenters. The highest BCUT2D eigenvalue weighted by molar-refractivity contribution is 6.34. The minimum Gasteiger partial charge on any atom is -0.444 e. The average Bonchev–Trinajstić information content (AvgIpc) is 2.95. The summed E-state index contributed by atoms with van der Waals surface area (Å²) in [7, 11) is 0. The SMILES string of the molecule is C[C@H](NC(=O)OC(C)(C)C)C(=O)Nn1cc(Cl)c(C(=O)Nc2ccccc2F)c1. The van der Waals surface area contributed by atoms with Crippen LogP contribution in [0.4, 0.5) is 14.9 Å². The predicted octanol–water partition coefficient (Wildman–Crippen LogP) is 3.52. The van der Waals surface area contributed by atoms with Gasteiger partial charge in [0.2, 0.25) is 0 Å². The maximum Gasteiger partial charge on any atom is 0.408 e. The van der Waals surface area contributed by atoms with Crippen molar-refractivity contribution in [3.63, 3.8) is 0 Å². The molecule has 0 bridgehead atoms. The summed E-state index contributed by atoms with van der Waals surface area (Å²) in [4.78, 5) is 36.3. The van der Waals surface area contributed by atoms with Crippen LogP contribution in [0.15, 0.2) is 36.7 Å². The van der Waals surface area contributed by atoms with Gasteiger partial charge in [-0.2, -0.15) is 0 Å². The van der Waals surface area contributed by atoms with Crippen LogP contribution in [0.1, 0.15) is 38.1 Å². The number of carbonyl (C=O) groups excluding carboxylic acids is 3. The molecule has 0 radical (unpaired) electrons. The molecule has 0 spiro atoms. The summed E-state index contributed by atoms with van der Waals surface area (Å²) in [6.45, 7) is 6.57. The molecule has 1 aromatic carbocycles. The topological polar surface area (TPSA) is 101 Å². The molecule has 1 atom stereocenters. The van der Waals surface area contributed by atoms with Crippen LogP contribution in [0.25, 0.3) is 0 Å². The molecule has 0 aliphatic rings. The van der Waals surface area contributed by atoms with E-state index in [-0.39, 0.29) is 16.3 Å². The summed E-state index contributed by atoms with van der Waals surface area (Å²) < 4.78 is 19.9. The van der Waals surface area contributed by atoms with Crippen LogP contribution in [0.2, 0.25) is 5.02 Å². The second kappa shape index (κ2) is 8.95. The molecule has 1 aromatic heterocycles. The van der Waals surface area contributed by atoms with Gasteiger partial charge >= 0.3 is 6.09 Å². The third-order valence-electron chi connectivity index (χ3n) is 3.51. The summed E-state index contributed by atoms with van der Waals surface area (Å²) in [5.74, 6) is -1.80. The van der Waals surface area contributed by atoms with E-state index < -0.39 is 35.4 Å². The highest BCUT2D eigenvalue weighted by Crippen LogP contribution is 2.20. The summed E-state index contributed by atoms with van der Waals surface area (Å²) >= 11 is 6.05. The maximum absolute atomic E-state index is 13.7. The zero-order chi connectivity index (χ0) is 21.8. The number of hydrogen-bond acceptors (Lipinski definition) is 4. The Morgan fingerprint density at radius 1 is 1.17 bits per heavy atom. The third-order valence-corrected chi connectivity index (χ3v) is 3.81. The lowest BCUT2D eigenvalue weighted by Gasteiger charge is -2.21. The van der Waals surface area contributed by atoms with Crippen LogP contribution in [0, 0.1) is 5.82 Å². The molecule has 8 nitrogen and oxygen atoms in total. The first-order valence-corrected chi connectivity index (χ1v) is 9.08. The molecule has 29 heavy (non-hydrogen) atoms. The van der Waals surface area contributed by atoms with E-state index in [1.807, 2.05) is 0 Å². The lowest BCUT2D eigenvalue weighted by molar-refractivity contribution is -0.118. The third kappa shape index (κ3) is 6.49. The van der Waals surface area contributed by atoms with Crippen molar-refractivity contribution >= 4 is 35.2 Å². The van der Waals surface area contributed by atoms with E-state index in [1.165, 1.54) is 42.2 Å². The van der Waals surface area contributed by atoms with Crippen LogP contribution >= 0.6 is 11.6 Å². The fraction of sp³-hybridized carbons (Fsp3) is 0.316. The molecular formula is C19H22ClFN4O4. The summed E-state index contributed by atoms with van der Waals surface area (Å²) in [5, 5.41) is 4.85. The quantitative estimate of drug-likeness (QED) is 0.683. The van der Waals surface area contributed by atoms with Gasteiger partial charge < -0.3 is 15.4 Å². The molecule has 10 heteroatoms. The first-order valence-electron chi connectivity index (χ1n) is 8.70. The molecule has 0 aliphatic carbocycles. The molecule has 2 rings (SSSR count). The van der Waals surface area contributed by atoms with Gasteiger partial charge in [0.15, 0.2) is 0 Å². The summed E-state index contributed by atoms with van der Waals surface area (Å²) in [6.07, 6.45) is 1.84. The fourth-order valence-electron chi connectivity index (χ4n) is 2.19. The van der Waals surface area contributed by atoms with E-state index in [1.54, 1.807) is 26.8 Å². The van der Waals surface area contributed by atoms with Gasteiger partial charge in [-0.3, -0.25) is 19.7 Å². The Bertz CT molecular complexity index is 923. The van der Waals surface area contributed by atoms with E-state index >= 15 is 0 Å². The van der Waals surface area contributed by atoms with Gasteiger partial charge in [-0.15, -0.1) is 0 Å². The molecule has 3 amide bonds. The predicted molar refractivity (Wildman–Crippen MR) is 107 cm³/mol. The molecule has 0 fully saturated rings. The van der Waals surface area contributed by atoms with Crippen LogP contribution in [0.5, 0.6) is 0 Å². The zero-order valence-corrected chi connectivity index (χ0v) is 17.1. The van der Waals surface area contributed by atoms with Crippen molar-refractivity contribution in [1.82, 2.24) is 9.99 Å². The first kappa shape index (κ1) is 22.2. The number of para-hydroxylation sites is 1. The zero-order valence-electron chi connectivity index (χ0n) is 16.4. The van der Waals surface area contributed by atoms with E-state index in [9.17, 15) is 18.8 Å². The normalized spacial score (nSPS) is 12.1. The number of aromatic nitrogens is 1. The van der Waals surface area contributed by atoms with Crippen molar-refractivity contribution < 1.29 is 23.5 Å². The van der Waals surface area contributed by atoms with Crippen molar-refractivity contribution in [2.24, 2.45) is 0 Å². The second-order valence-corrected chi connectivity index (χ2v) is 7.61. The van der Waals surface area contributed by atoms with Crippen LogP contribution < -0.4 is 16.1 Å². The Hall–Kier alpha value is -3.07. The molecule has 0 aliphatic heterocycles. The number of ether oxygens (including phenoxy) is 1. The van der Waals surface area contributed by atoms with Gasteiger partial charge in [-0.05, 0) is 39.8 Å².